The van der Waals surface area contributed by atoms with Gasteiger partial charge in [-0.15, -0.1) is 0 Å². The summed E-state index contributed by atoms with van der Waals surface area (Å²) < 4.78 is 1.03. The van der Waals surface area contributed by atoms with Crippen LogP contribution in [0.5, 0.6) is 0 Å². The highest BCUT2D eigenvalue weighted by atomic mass is 79.9. The van der Waals surface area contributed by atoms with Crippen molar-refractivity contribution < 1.29 is 0 Å². The van der Waals surface area contributed by atoms with Crippen molar-refractivity contribution in [1.82, 2.24) is 5.32 Å². The van der Waals surface area contributed by atoms with E-state index in [4.69, 9.17) is 12.2 Å². The first kappa shape index (κ1) is 17.2. The predicted octanol–water partition coefficient (Wildman–Crippen LogP) is 5.10. The van der Waals surface area contributed by atoms with Crippen molar-refractivity contribution in [3.63, 3.8) is 0 Å². The third-order valence-electron chi connectivity index (χ3n) is 4.29. The molecule has 2 aromatic rings. The molecule has 1 aliphatic rings. The molecule has 126 valence electrons. The van der Waals surface area contributed by atoms with Gasteiger partial charge in [-0.1, -0.05) is 34.1 Å². The SMILES string of the molecule is C[C@@H](NC(=S)Nc1cccc(Br)c1)c1ccc(N2CCCC2)cc1. The number of rotatable bonds is 4. The molecule has 0 aliphatic carbocycles. The Kier molecular flexibility index (Phi) is 5.74. The van der Waals surface area contributed by atoms with E-state index >= 15 is 0 Å². The Morgan fingerprint density at radius 1 is 1.12 bits per heavy atom. The van der Waals surface area contributed by atoms with E-state index in [2.05, 4.69) is 62.7 Å². The Hall–Kier alpha value is -1.59. The second kappa shape index (κ2) is 7.99. The van der Waals surface area contributed by atoms with E-state index in [0.29, 0.717) is 5.11 Å². The summed E-state index contributed by atoms with van der Waals surface area (Å²) in [6.07, 6.45) is 2.60. The maximum atomic E-state index is 5.42. The molecule has 0 saturated carbocycles. The first-order valence-corrected chi connectivity index (χ1v) is 9.50. The third-order valence-corrected chi connectivity index (χ3v) is 5.01. The molecule has 2 N–H and O–H groups in total. The monoisotopic (exact) mass is 403 g/mol. The van der Waals surface area contributed by atoms with Gasteiger partial charge in [-0.2, -0.15) is 0 Å². The normalized spacial score (nSPS) is 15.2. The number of halogens is 1. The van der Waals surface area contributed by atoms with E-state index in [1.807, 2.05) is 24.3 Å². The average Bonchev–Trinajstić information content (AvgIpc) is 3.09. The fraction of sp³-hybridized carbons (Fsp3) is 0.316. The summed E-state index contributed by atoms with van der Waals surface area (Å²) in [5, 5.41) is 7.20. The van der Waals surface area contributed by atoms with E-state index < -0.39 is 0 Å². The van der Waals surface area contributed by atoms with Gasteiger partial charge in [0.15, 0.2) is 5.11 Å². The maximum absolute atomic E-state index is 5.42. The molecular weight excluding hydrogens is 382 g/mol. The van der Waals surface area contributed by atoms with Crippen molar-refractivity contribution in [3.8, 4) is 0 Å². The maximum Gasteiger partial charge on any atom is 0.171 e. The number of hydrogen-bond acceptors (Lipinski definition) is 2. The van der Waals surface area contributed by atoms with Gasteiger partial charge in [-0.3, -0.25) is 0 Å². The topological polar surface area (TPSA) is 27.3 Å². The molecule has 24 heavy (non-hydrogen) atoms. The zero-order valence-electron chi connectivity index (χ0n) is 13.8. The predicted molar refractivity (Wildman–Crippen MR) is 110 cm³/mol. The van der Waals surface area contributed by atoms with Crippen molar-refractivity contribution in [2.75, 3.05) is 23.3 Å². The van der Waals surface area contributed by atoms with Crippen molar-refractivity contribution in [3.05, 3.63) is 58.6 Å². The molecule has 0 aromatic heterocycles. The molecule has 0 bridgehead atoms. The molecule has 1 heterocycles. The standard InChI is InChI=1S/C19H22BrN3S/c1-14(21-19(24)22-17-6-4-5-16(20)13-17)15-7-9-18(10-8-15)23-11-2-3-12-23/h4-10,13-14H,2-3,11-12H2,1H3,(H2,21,22,24)/t14-/m1/s1. The van der Waals surface area contributed by atoms with Gasteiger partial charge in [0.1, 0.15) is 0 Å². The van der Waals surface area contributed by atoms with Gasteiger partial charge < -0.3 is 15.5 Å². The van der Waals surface area contributed by atoms with Gasteiger partial charge in [-0.25, -0.2) is 0 Å². The Labute approximate surface area is 157 Å². The number of nitrogens with one attached hydrogen (secondary N) is 2. The van der Waals surface area contributed by atoms with Crippen molar-refractivity contribution in [2.24, 2.45) is 0 Å². The van der Waals surface area contributed by atoms with Crippen LogP contribution in [-0.2, 0) is 0 Å². The van der Waals surface area contributed by atoms with Gasteiger partial charge in [0.2, 0.25) is 0 Å². The number of benzene rings is 2. The summed E-state index contributed by atoms with van der Waals surface area (Å²) in [5.41, 5.74) is 3.52. The molecule has 1 fully saturated rings. The van der Waals surface area contributed by atoms with Gasteiger partial charge in [-0.05, 0) is 67.9 Å². The molecule has 1 saturated heterocycles. The molecule has 1 aliphatic heterocycles. The number of thiocarbonyl (C=S) groups is 1. The lowest BCUT2D eigenvalue weighted by atomic mass is 10.1. The molecule has 5 heteroatoms. The highest BCUT2D eigenvalue weighted by Gasteiger charge is 2.13. The Morgan fingerprint density at radius 3 is 2.50 bits per heavy atom. The van der Waals surface area contributed by atoms with Crippen LogP contribution in [0.4, 0.5) is 11.4 Å². The summed E-state index contributed by atoms with van der Waals surface area (Å²) in [5.74, 6) is 0. The molecule has 0 spiro atoms. The summed E-state index contributed by atoms with van der Waals surface area (Å²) in [7, 11) is 0. The summed E-state index contributed by atoms with van der Waals surface area (Å²) in [6.45, 7) is 4.47. The molecule has 0 amide bonds. The van der Waals surface area contributed by atoms with Crippen molar-refractivity contribution >= 4 is 44.6 Å². The van der Waals surface area contributed by atoms with Crippen LogP contribution in [0, 0.1) is 0 Å². The fourth-order valence-corrected chi connectivity index (χ4v) is 3.66. The quantitative estimate of drug-likeness (QED) is 0.694. The van der Waals surface area contributed by atoms with Crippen molar-refractivity contribution in [1.29, 1.82) is 0 Å². The molecular formula is C19H22BrN3S. The van der Waals surface area contributed by atoms with Crippen LogP contribution in [0.2, 0.25) is 0 Å². The van der Waals surface area contributed by atoms with E-state index in [1.54, 1.807) is 0 Å². The second-order valence-electron chi connectivity index (χ2n) is 6.12. The number of anilines is 2. The molecule has 3 rings (SSSR count). The molecule has 0 unspecified atom stereocenters. The molecule has 1 atom stereocenters. The summed E-state index contributed by atoms with van der Waals surface area (Å²) in [4.78, 5) is 2.45. The lowest BCUT2D eigenvalue weighted by Crippen LogP contribution is -2.30. The first-order valence-electron chi connectivity index (χ1n) is 8.30. The number of hydrogen-bond donors (Lipinski definition) is 2. The Bertz CT molecular complexity index is 696. The molecule has 3 nitrogen and oxygen atoms in total. The van der Waals surface area contributed by atoms with Crippen LogP contribution in [0.3, 0.4) is 0 Å². The van der Waals surface area contributed by atoms with E-state index in [9.17, 15) is 0 Å². The minimum Gasteiger partial charge on any atom is -0.372 e. The largest absolute Gasteiger partial charge is 0.372 e. The lowest BCUT2D eigenvalue weighted by Gasteiger charge is -2.20. The molecule has 0 radical (unpaired) electrons. The van der Waals surface area contributed by atoms with E-state index in [1.165, 1.54) is 37.2 Å². The second-order valence-corrected chi connectivity index (χ2v) is 7.44. The van der Waals surface area contributed by atoms with Gasteiger partial charge in [0.05, 0.1) is 6.04 Å². The zero-order chi connectivity index (χ0) is 16.9. The third kappa shape index (κ3) is 4.48. The van der Waals surface area contributed by atoms with E-state index in [-0.39, 0.29) is 6.04 Å². The van der Waals surface area contributed by atoms with Gasteiger partial charge in [0, 0.05) is 28.9 Å². The van der Waals surface area contributed by atoms with Crippen molar-refractivity contribution in [2.45, 2.75) is 25.8 Å². The summed E-state index contributed by atoms with van der Waals surface area (Å²) in [6, 6.07) is 16.9. The minimum atomic E-state index is 0.157. The highest BCUT2D eigenvalue weighted by Crippen LogP contribution is 2.23. The van der Waals surface area contributed by atoms with Gasteiger partial charge in [0.25, 0.3) is 0 Å². The van der Waals surface area contributed by atoms with Crippen LogP contribution in [0.1, 0.15) is 31.4 Å². The summed E-state index contributed by atoms with van der Waals surface area (Å²) >= 11 is 8.89. The van der Waals surface area contributed by atoms with Crippen LogP contribution < -0.4 is 15.5 Å². The molecule has 2 aromatic carbocycles. The fourth-order valence-electron chi connectivity index (χ4n) is 2.96. The minimum absolute atomic E-state index is 0.157. The van der Waals surface area contributed by atoms with Crippen LogP contribution >= 0.6 is 28.1 Å². The Morgan fingerprint density at radius 2 is 1.83 bits per heavy atom. The van der Waals surface area contributed by atoms with Gasteiger partial charge >= 0.3 is 0 Å². The zero-order valence-corrected chi connectivity index (χ0v) is 16.2. The number of nitrogens with zero attached hydrogens (tertiary/aromatic N) is 1. The van der Waals surface area contributed by atoms with Crippen LogP contribution in [-0.4, -0.2) is 18.2 Å². The highest BCUT2D eigenvalue weighted by molar-refractivity contribution is 9.10. The van der Waals surface area contributed by atoms with E-state index in [0.717, 1.165) is 10.2 Å². The first-order chi connectivity index (χ1) is 11.6. The van der Waals surface area contributed by atoms with Crippen LogP contribution in [0.15, 0.2) is 53.0 Å². The lowest BCUT2D eigenvalue weighted by molar-refractivity contribution is 0.722. The smallest absolute Gasteiger partial charge is 0.171 e. The van der Waals surface area contributed by atoms with Crippen LogP contribution in [0.25, 0.3) is 0 Å². The average molecular weight is 404 g/mol. The Balaban J connectivity index is 1.57.